The topological polar surface area (TPSA) is 35.2 Å². The Balaban J connectivity index is 2.32. The smallest absolute Gasteiger partial charge is 0.143 e. The average molecular weight is 328 g/mol. The van der Waals surface area contributed by atoms with Crippen LogP contribution in [0, 0.1) is 0 Å². The Morgan fingerprint density at radius 3 is 2.55 bits per heavy atom. The van der Waals surface area contributed by atoms with Crippen molar-refractivity contribution in [2.24, 2.45) is 0 Å². The lowest BCUT2D eigenvalue weighted by atomic mass is 10.3. The molecule has 0 unspecified atom stereocenters. The van der Waals surface area contributed by atoms with Crippen molar-refractivity contribution in [2.45, 2.75) is 29.7 Å². The van der Waals surface area contributed by atoms with Crippen LogP contribution in [0.3, 0.4) is 0 Å². The number of anilines is 1. The van der Waals surface area contributed by atoms with Gasteiger partial charge in [-0.15, -0.1) is 0 Å². The van der Waals surface area contributed by atoms with Crippen molar-refractivity contribution in [3.05, 3.63) is 46.4 Å². The highest BCUT2D eigenvalue weighted by molar-refractivity contribution is 7.99. The van der Waals surface area contributed by atoms with Crippen molar-refractivity contribution < 1.29 is 4.74 Å². The third-order valence-corrected chi connectivity index (χ3v) is 4.31. The highest BCUT2D eigenvalue weighted by Gasteiger charge is 2.11. The molecule has 2 rings (SSSR count). The molecule has 2 aromatic rings. The molecule has 5 heteroatoms. The van der Waals surface area contributed by atoms with E-state index in [1.165, 1.54) is 11.8 Å². The third-order valence-electron chi connectivity index (χ3n) is 2.50. The van der Waals surface area contributed by atoms with E-state index in [1.807, 2.05) is 38.1 Å². The lowest BCUT2D eigenvalue weighted by molar-refractivity contribution is 0.243. The van der Waals surface area contributed by atoms with Crippen LogP contribution in [-0.4, -0.2) is 6.10 Å². The van der Waals surface area contributed by atoms with Crippen LogP contribution < -0.4 is 10.5 Å². The monoisotopic (exact) mass is 327 g/mol. The number of nitrogen functional groups attached to an aromatic ring is 1. The Bertz CT molecular complexity index is 617. The first-order valence-corrected chi connectivity index (χ1v) is 7.72. The minimum absolute atomic E-state index is 0.0762. The molecule has 0 amide bonds. The van der Waals surface area contributed by atoms with Gasteiger partial charge in [0.2, 0.25) is 0 Å². The van der Waals surface area contributed by atoms with E-state index in [1.54, 1.807) is 12.1 Å². The molecule has 0 aromatic heterocycles. The Hall–Kier alpha value is -1.03. The van der Waals surface area contributed by atoms with Gasteiger partial charge in [0.15, 0.2) is 0 Å². The van der Waals surface area contributed by atoms with Crippen molar-refractivity contribution >= 4 is 40.7 Å². The Labute approximate surface area is 133 Å². The molecular formula is C15H15Cl2NOS. The van der Waals surface area contributed by atoms with E-state index in [0.29, 0.717) is 21.5 Å². The first kappa shape index (κ1) is 15.4. The number of ether oxygens (including phenoxy) is 1. The van der Waals surface area contributed by atoms with Crippen LogP contribution in [0.2, 0.25) is 10.0 Å². The van der Waals surface area contributed by atoms with E-state index in [4.69, 9.17) is 33.7 Å². The zero-order valence-electron chi connectivity index (χ0n) is 11.2. The summed E-state index contributed by atoms with van der Waals surface area (Å²) >= 11 is 13.6. The maximum absolute atomic E-state index is 6.17. The average Bonchev–Trinajstić information content (AvgIpc) is 2.38. The zero-order valence-corrected chi connectivity index (χ0v) is 13.5. The number of nitrogens with two attached hydrogens (primary N) is 1. The Morgan fingerprint density at radius 2 is 1.85 bits per heavy atom. The molecule has 0 saturated heterocycles. The summed E-state index contributed by atoms with van der Waals surface area (Å²) in [5.74, 6) is 0.683. The second-order valence-corrected chi connectivity index (χ2v) is 6.44. The van der Waals surface area contributed by atoms with Crippen LogP contribution in [0.1, 0.15) is 13.8 Å². The van der Waals surface area contributed by atoms with Gasteiger partial charge in [-0.05, 0) is 44.2 Å². The molecule has 0 aliphatic rings. The first-order chi connectivity index (χ1) is 9.47. The lowest BCUT2D eigenvalue weighted by Gasteiger charge is -2.14. The molecule has 0 aliphatic carbocycles. The molecule has 0 bridgehead atoms. The van der Waals surface area contributed by atoms with Crippen LogP contribution >= 0.6 is 35.0 Å². The quantitative estimate of drug-likeness (QED) is 0.751. The molecule has 2 aromatic carbocycles. The fourth-order valence-corrected chi connectivity index (χ4v) is 3.06. The van der Waals surface area contributed by atoms with Crippen LogP contribution in [0.4, 0.5) is 5.69 Å². The number of para-hydroxylation sites is 1. The van der Waals surface area contributed by atoms with Crippen LogP contribution in [0.15, 0.2) is 46.2 Å². The van der Waals surface area contributed by atoms with Gasteiger partial charge in [0, 0.05) is 14.8 Å². The van der Waals surface area contributed by atoms with E-state index >= 15 is 0 Å². The van der Waals surface area contributed by atoms with E-state index in [-0.39, 0.29) is 6.10 Å². The second-order valence-electron chi connectivity index (χ2n) is 4.51. The highest BCUT2D eigenvalue weighted by Crippen LogP contribution is 2.40. The van der Waals surface area contributed by atoms with Crippen molar-refractivity contribution in [3.8, 4) is 5.75 Å². The van der Waals surface area contributed by atoms with Gasteiger partial charge in [0.1, 0.15) is 5.75 Å². The molecule has 2 N–H and O–H groups in total. The van der Waals surface area contributed by atoms with Crippen molar-refractivity contribution in [3.63, 3.8) is 0 Å². The van der Waals surface area contributed by atoms with Gasteiger partial charge >= 0.3 is 0 Å². The van der Waals surface area contributed by atoms with Gasteiger partial charge in [0.25, 0.3) is 0 Å². The number of rotatable bonds is 4. The SMILES string of the molecule is CC(C)Oc1cccc(Sc2cc(Cl)ccc2Cl)c1N. The van der Waals surface area contributed by atoms with Gasteiger partial charge < -0.3 is 10.5 Å². The summed E-state index contributed by atoms with van der Waals surface area (Å²) in [6.07, 6.45) is 0.0762. The first-order valence-electron chi connectivity index (χ1n) is 6.15. The second kappa shape index (κ2) is 6.61. The molecule has 0 radical (unpaired) electrons. The van der Waals surface area contributed by atoms with Gasteiger partial charge in [-0.1, -0.05) is 41.0 Å². The predicted octanol–water partition coefficient (Wildman–Crippen LogP) is 5.51. The number of hydrogen-bond acceptors (Lipinski definition) is 3. The summed E-state index contributed by atoms with van der Waals surface area (Å²) in [4.78, 5) is 1.76. The van der Waals surface area contributed by atoms with Gasteiger partial charge in [-0.25, -0.2) is 0 Å². The molecule has 20 heavy (non-hydrogen) atoms. The van der Waals surface area contributed by atoms with Gasteiger partial charge in [0.05, 0.1) is 16.8 Å². The van der Waals surface area contributed by atoms with E-state index in [9.17, 15) is 0 Å². The number of halogens is 2. The predicted molar refractivity (Wildman–Crippen MR) is 87.2 cm³/mol. The normalized spacial score (nSPS) is 10.8. The Kier molecular flexibility index (Phi) is 5.08. The minimum Gasteiger partial charge on any atom is -0.489 e. The van der Waals surface area contributed by atoms with Crippen molar-refractivity contribution in [1.29, 1.82) is 0 Å². The maximum Gasteiger partial charge on any atom is 0.143 e. The summed E-state index contributed by atoms with van der Waals surface area (Å²) in [5.41, 5.74) is 6.76. The van der Waals surface area contributed by atoms with E-state index in [0.717, 1.165) is 9.79 Å². The summed E-state index contributed by atoms with van der Waals surface area (Å²) in [5, 5.41) is 1.29. The van der Waals surface area contributed by atoms with Crippen LogP contribution in [0.25, 0.3) is 0 Å². The molecule has 2 nitrogen and oxygen atoms in total. The standard InChI is InChI=1S/C15H15Cl2NOS/c1-9(2)19-12-4-3-5-13(15(12)18)20-14-8-10(16)6-7-11(14)17/h3-9H,18H2,1-2H3. The molecule has 0 fully saturated rings. The zero-order chi connectivity index (χ0) is 14.7. The number of benzene rings is 2. The summed E-state index contributed by atoms with van der Waals surface area (Å²) in [6.45, 7) is 3.93. The van der Waals surface area contributed by atoms with Crippen LogP contribution in [0.5, 0.6) is 5.75 Å². The van der Waals surface area contributed by atoms with Crippen molar-refractivity contribution in [2.75, 3.05) is 5.73 Å². The molecule has 0 heterocycles. The fourth-order valence-electron chi connectivity index (χ4n) is 1.64. The Morgan fingerprint density at radius 1 is 1.10 bits per heavy atom. The largest absolute Gasteiger partial charge is 0.489 e. The van der Waals surface area contributed by atoms with Gasteiger partial charge in [-0.2, -0.15) is 0 Å². The minimum atomic E-state index is 0.0762. The summed E-state index contributed by atoms with van der Waals surface area (Å²) in [7, 11) is 0. The lowest BCUT2D eigenvalue weighted by Crippen LogP contribution is -2.07. The van der Waals surface area contributed by atoms with E-state index in [2.05, 4.69) is 0 Å². The molecular weight excluding hydrogens is 313 g/mol. The third kappa shape index (κ3) is 3.75. The molecule has 0 spiro atoms. The number of hydrogen-bond donors (Lipinski definition) is 1. The fraction of sp³-hybridized carbons (Fsp3) is 0.200. The maximum atomic E-state index is 6.17. The molecule has 0 saturated carbocycles. The van der Waals surface area contributed by atoms with Crippen LogP contribution in [-0.2, 0) is 0 Å². The van der Waals surface area contributed by atoms with E-state index < -0.39 is 0 Å². The molecule has 0 atom stereocenters. The summed E-state index contributed by atoms with van der Waals surface area (Å²) in [6, 6.07) is 11.1. The summed E-state index contributed by atoms with van der Waals surface area (Å²) < 4.78 is 5.68. The highest BCUT2D eigenvalue weighted by atomic mass is 35.5. The molecule has 0 aliphatic heterocycles. The van der Waals surface area contributed by atoms with Gasteiger partial charge in [-0.3, -0.25) is 0 Å². The van der Waals surface area contributed by atoms with Crippen molar-refractivity contribution in [1.82, 2.24) is 0 Å². The molecule has 106 valence electrons.